The van der Waals surface area contributed by atoms with Crippen molar-refractivity contribution in [2.45, 2.75) is 12.0 Å². The van der Waals surface area contributed by atoms with E-state index in [1.54, 1.807) is 24.3 Å². The molecule has 0 spiro atoms. The summed E-state index contributed by atoms with van der Waals surface area (Å²) in [7, 11) is 0. The summed E-state index contributed by atoms with van der Waals surface area (Å²) in [5.74, 6) is -2.00. The fourth-order valence-electron chi connectivity index (χ4n) is 2.60. The lowest BCUT2D eigenvalue weighted by atomic mass is 9.91. The van der Waals surface area contributed by atoms with Gasteiger partial charge in [-0.3, -0.25) is 4.79 Å². The Bertz CT molecular complexity index is 764. The molecule has 3 nitrogen and oxygen atoms in total. The summed E-state index contributed by atoms with van der Waals surface area (Å²) in [6.45, 7) is 0. The molecule has 0 fully saturated rings. The number of aliphatic hydroxyl groups is 1. The molecule has 1 heterocycles. The molecule has 0 amide bonds. The third-order valence-corrected chi connectivity index (χ3v) is 4.74. The summed E-state index contributed by atoms with van der Waals surface area (Å²) >= 11 is 1.36. The van der Waals surface area contributed by atoms with Gasteiger partial charge < -0.3 is 10.2 Å². The van der Waals surface area contributed by atoms with Crippen molar-refractivity contribution < 1.29 is 15.0 Å². The molecule has 3 aromatic rings. The molecule has 23 heavy (non-hydrogen) atoms. The molecular formula is C19H16O3S. The number of carbonyl (C=O) groups is 1. The van der Waals surface area contributed by atoms with Crippen LogP contribution < -0.4 is 0 Å². The Morgan fingerprint density at radius 1 is 0.870 bits per heavy atom. The first-order chi connectivity index (χ1) is 11.2. The van der Waals surface area contributed by atoms with E-state index < -0.39 is 18.0 Å². The molecular weight excluding hydrogens is 308 g/mol. The summed E-state index contributed by atoms with van der Waals surface area (Å²) in [5.41, 5.74) is 2.69. The van der Waals surface area contributed by atoms with E-state index in [1.165, 1.54) is 11.3 Å². The van der Waals surface area contributed by atoms with Crippen LogP contribution >= 0.6 is 11.3 Å². The van der Waals surface area contributed by atoms with Gasteiger partial charge in [-0.1, -0.05) is 60.7 Å². The van der Waals surface area contributed by atoms with Gasteiger partial charge in [-0.2, -0.15) is 0 Å². The van der Waals surface area contributed by atoms with Crippen molar-refractivity contribution in [3.8, 4) is 11.1 Å². The van der Waals surface area contributed by atoms with Crippen LogP contribution in [0.25, 0.3) is 11.1 Å². The lowest BCUT2D eigenvalue weighted by molar-refractivity contribution is -0.141. The van der Waals surface area contributed by atoms with E-state index in [1.807, 2.05) is 47.8 Å². The van der Waals surface area contributed by atoms with Crippen LogP contribution in [0.15, 0.2) is 72.1 Å². The molecule has 2 atom stereocenters. The lowest BCUT2D eigenvalue weighted by Gasteiger charge is -2.19. The van der Waals surface area contributed by atoms with Gasteiger partial charge in [0.15, 0.2) is 0 Å². The van der Waals surface area contributed by atoms with Gasteiger partial charge in [0.1, 0.15) is 12.0 Å². The van der Waals surface area contributed by atoms with E-state index in [-0.39, 0.29) is 0 Å². The molecule has 3 rings (SSSR count). The predicted octanol–water partition coefficient (Wildman–Crippen LogP) is 4.32. The van der Waals surface area contributed by atoms with Crippen LogP contribution in [0.4, 0.5) is 0 Å². The summed E-state index contributed by atoms with van der Waals surface area (Å²) < 4.78 is 0. The van der Waals surface area contributed by atoms with Crippen molar-refractivity contribution in [1.82, 2.24) is 0 Å². The smallest absolute Gasteiger partial charge is 0.314 e. The average Bonchev–Trinajstić information content (AvgIpc) is 3.11. The summed E-state index contributed by atoms with van der Waals surface area (Å²) in [4.78, 5) is 12.3. The molecule has 0 aliphatic heterocycles. The Hall–Kier alpha value is -2.43. The average molecular weight is 324 g/mol. The zero-order valence-electron chi connectivity index (χ0n) is 12.3. The fourth-order valence-corrected chi connectivity index (χ4v) is 3.34. The largest absolute Gasteiger partial charge is 0.481 e. The molecule has 0 saturated carbocycles. The second kappa shape index (κ2) is 6.77. The minimum absolute atomic E-state index is 0.595. The second-order valence-electron chi connectivity index (χ2n) is 5.26. The van der Waals surface area contributed by atoms with E-state index in [4.69, 9.17) is 0 Å². The monoisotopic (exact) mass is 324 g/mol. The zero-order chi connectivity index (χ0) is 16.2. The number of carboxylic acids is 1. The Morgan fingerprint density at radius 3 is 2.09 bits per heavy atom. The molecule has 1 aromatic heterocycles. The molecule has 0 bridgehead atoms. The van der Waals surface area contributed by atoms with Crippen molar-refractivity contribution in [3.63, 3.8) is 0 Å². The minimum Gasteiger partial charge on any atom is -0.481 e. The number of hydrogen-bond acceptors (Lipinski definition) is 3. The molecule has 0 radical (unpaired) electrons. The Kier molecular flexibility index (Phi) is 4.55. The minimum atomic E-state index is -1.05. The number of thiophene rings is 1. The summed E-state index contributed by atoms with van der Waals surface area (Å²) in [6.07, 6.45) is -1.05. The van der Waals surface area contributed by atoms with Crippen molar-refractivity contribution in [2.75, 3.05) is 0 Å². The standard InChI is InChI=1S/C19H16O3S/c20-18(16-7-4-12-23-16)17(19(21)22)15-10-8-14(9-11-15)13-5-2-1-3-6-13/h1-12,17-18,20H,(H,21,22)/t17-,18+/m0/s1. The maximum atomic E-state index is 11.6. The van der Waals surface area contributed by atoms with Crippen LogP contribution in [-0.4, -0.2) is 16.2 Å². The lowest BCUT2D eigenvalue weighted by Crippen LogP contribution is -2.19. The van der Waals surface area contributed by atoms with Crippen molar-refractivity contribution in [1.29, 1.82) is 0 Å². The molecule has 4 heteroatoms. The highest BCUT2D eigenvalue weighted by molar-refractivity contribution is 7.10. The third kappa shape index (κ3) is 3.33. The van der Waals surface area contributed by atoms with Gasteiger partial charge in [0, 0.05) is 4.88 Å². The Labute approximate surface area is 138 Å². The number of benzene rings is 2. The van der Waals surface area contributed by atoms with Crippen LogP contribution in [-0.2, 0) is 4.79 Å². The number of hydrogen-bond donors (Lipinski definition) is 2. The quantitative estimate of drug-likeness (QED) is 0.735. The second-order valence-corrected chi connectivity index (χ2v) is 6.24. The highest BCUT2D eigenvalue weighted by Crippen LogP contribution is 2.34. The molecule has 116 valence electrons. The van der Waals surface area contributed by atoms with Gasteiger partial charge in [0.05, 0.1) is 0 Å². The van der Waals surface area contributed by atoms with Gasteiger partial charge in [-0.25, -0.2) is 0 Å². The summed E-state index contributed by atoms with van der Waals surface area (Å²) in [5, 5.41) is 21.8. The van der Waals surface area contributed by atoms with Gasteiger partial charge >= 0.3 is 5.97 Å². The molecule has 0 saturated heterocycles. The van der Waals surface area contributed by atoms with E-state index >= 15 is 0 Å². The molecule has 2 N–H and O–H groups in total. The van der Waals surface area contributed by atoms with E-state index in [0.29, 0.717) is 10.4 Å². The van der Waals surface area contributed by atoms with Gasteiger partial charge in [-0.15, -0.1) is 11.3 Å². The zero-order valence-corrected chi connectivity index (χ0v) is 13.1. The number of carboxylic acid groups (broad SMARTS) is 1. The van der Waals surface area contributed by atoms with E-state index in [0.717, 1.165) is 11.1 Å². The Balaban J connectivity index is 1.91. The number of aliphatic carboxylic acids is 1. The highest BCUT2D eigenvalue weighted by Gasteiger charge is 2.30. The van der Waals surface area contributed by atoms with Gasteiger partial charge in [0.2, 0.25) is 0 Å². The number of aliphatic hydroxyl groups excluding tert-OH is 1. The van der Waals surface area contributed by atoms with Crippen LogP contribution in [0.1, 0.15) is 22.5 Å². The van der Waals surface area contributed by atoms with Crippen molar-refractivity contribution in [2.24, 2.45) is 0 Å². The maximum absolute atomic E-state index is 11.6. The molecule has 0 aliphatic carbocycles. The number of rotatable bonds is 5. The fraction of sp³-hybridized carbons (Fsp3) is 0.105. The molecule has 2 aromatic carbocycles. The summed E-state index contributed by atoms with van der Waals surface area (Å²) in [6, 6.07) is 20.8. The first-order valence-corrected chi connectivity index (χ1v) is 8.14. The SMILES string of the molecule is O=C(O)[C@@H](c1ccc(-c2ccccc2)cc1)[C@H](O)c1cccs1. The van der Waals surface area contributed by atoms with Crippen molar-refractivity contribution >= 4 is 17.3 Å². The maximum Gasteiger partial charge on any atom is 0.314 e. The van der Waals surface area contributed by atoms with Gasteiger partial charge in [-0.05, 0) is 28.1 Å². The van der Waals surface area contributed by atoms with Crippen molar-refractivity contribution in [3.05, 3.63) is 82.6 Å². The van der Waals surface area contributed by atoms with E-state index in [9.17, 15) is 15.0 Å². The van der Waals surface area contributed by atoms with Crippen LogP contribution in [0.2, 0.25) is 0 Å². The van der Waals surface area contributed by atoms with Crippen LogP contribution in [0, 0.1) is 0 Å². The topological polar surface area (TPSA) is 57.5 Å². The van der Waals surface area contributed by atoms with E-state index in [2.05, 4.69) is 0 Å². The van der Waals surface area contributed by atoms with Gasteiger partial charge in [0.25, 0.3) is 0 Å². The normalized spacial score (nSPS) is 13.4. The predicted molar refractivity (Wildman–Crippen MR) is 91.5 cm³/mol. The molecule has 0 aliphatic rings. The molecule has 0 unspecified atom stereocenters. The third-order valence-electron chi connectivity index (χ3n) is 3.79. The highest BCUT2D eigenvalue weighted by atomic mass is 32.1. The first-order valence-electron chi connectivity index (χ1n) is 7.26. The first kappa shape index (κ1) is 15.5. The van der Waals surface area contributed by atoms with Crippen LogP contribution in [0.3, 0.4) is 0 Å². The Morgan fingerprint density at radius 2 is 1.52 bits per heavy atom. The van der Waals surface area contributed by atoms with Crippen LogP contribution in [0.5, 0.6) is 0 Å².